The molecule has 1 aliphatic heterocycles. The lowest BCUT2D eigenvalue weighted by Gasteiger charge is -2.43. The number of hydrogen-bond donors (Lipinski definition) is 2. The van der Waals surface area contributed by atoms with Crippen LogP contribution in [0.1, 0.15) is 66.5 Å². The maximum Gasteiger partial charge on any atom is 0.337 e. The highest BCUT2D eigenvalue weighted by Crippen LogP contribution is 2.57. The van der Waals surface area contributed by atoms with E-state index in [1.807, 2.05) is 26.0 Å². The van der Waals surface area contributed by atoms with Crippen LogP contribution in [-0.4, -0.2) is 26.5 Å². The molecule has 1 saturated carbocycles. The van der Waals surface area contributed by atoms with Gasteiger partial charge in [0.1, 0.15) is 5.82 Å². The number of nitrogens with one attached hydrogen (secondary N) is 1. The molecule has 5 rings (SSSR count). The molecule has 2 aromatic carbocycles. The zero-order chi connectivity index (χ0) is 23.5. The van der Waals surface area contributed by atoms with Crippen LogP contribution >= 0.6 is 0 Å². The lowest BCUT2D eigenvalue weighted by atomic mass is 9.65. The first-order chi connectivity index (χ1) is 15.6. The Morgan fingerprint density at radius 3 is 2.67 bits per heavy atom. The SMILES string of the molecule is CCc1cc([C@@H](C)Nc2ccccc2C(=O)O)c2nc3n(c(=O)c2c1)CCC31CC(F)(F)C1. The van der Waals surface area contributed by atoms with Crippen LogP contribution in [0.25, 0.3) is 10.9 Å². The fourth-order valence-electron chi connectivity index (χ4n) is 5.38. The van der Waals surface area contributed by atoms with E-state index >= 15 is 0 Å². The Morgan fingerprint density at radius 2 is 2.00 bits per heavy atom. The van der Waals surface area contributed by atoms with E-state index in [9.17, 15) is 23.5 Å². The van der Waals surface area contributed by atoms with E-state index in [0.717, 1.165) is 11.1 Å². The minimum absolute atomic E-state index is 0.143. The number of aryl methyl sites for hydroxylation is 1. The summed E-state index contributed by atoms with van der Waals surface area (Å²) in [7, 11) is 0. The molecule has 2 aliphatic rings. The molecule has 2 N–H and O–H groups in total. The minimum atomic E-state index is -2.72. The molecule has 0 saturated heterocycles. The lowest BCUT2D eigenvalue weighted by Crippen LogP contribution is -2.49. The van der Waals surface area contributed by atoms with Crippen molar-refractivity contribution in [1.82, 2.24) is 9.55 Å². The van der Waals surface area contributed by atoms with Gasteiger partial charge >= 0.3 is 5.97 Å². The van der Waals surface area contributed by atoms with Gasteiger partial charge in [-0.05, 0) is 43.5 Å². The summed E-state index contributed by atoms with van der Waals surface area (Å²) >= 11 is 0. The van der Waals surface area contributed by atoms with Crippen molar-refractivity contribution in [3.63, 3.8) is 0 Å². The maximum absolute atomic E-state index is 13.8. The van der Waals surface area contributed by atoms with E-state index in [-0.39, 0.29) is 30.0 Å². The largest absolute Gasteiger partial charge is 0.478 e. The Kier molecular flexibility index (Phi) is 4.81. The Balaban J connectivity index is 1.65. The van der Waals surface area contributed by atoms with Crippen molar-refractivity contribution in [2.75, 3.05) is 5.32 Å². The maximum atomic E-state index is 13.8. The van der Waals surface area contributed by atoms with E-state index < -0.39 is 17.3 Å². The molecule has 2 heterocycles. The Hall–Kier alpha value is -3.29. The molecular weight excluding hydrogens is 428 g/mol. The number of alkyl halides is 2. The molecule has 0 bridgehead atoms. The monoisotopic (exact) mass is 453 g/mol. The molecule has 172 valence electrons. The zero-order valence-electron chi connectivity index (χ0n) is 18.5. The Labute approximate surface area is 189 Å². The van der Waals surface area contributed by atoms with Gasteiger partial charge in [-0.2, -0.15) is 0 Å². The molecular formula is C25H25F2N3O3. The number of rotatable bonds is 5. The van der Waals surface area contributed by atoms with Crippen LogP contribution in [0.4, 0.5) is 14.5 Å². The van der Waals surface area contributed by atoms with Gasteiger partial charge in [0.25, 0.3) is 5.56 Å². The average Bonchev–Trinajstić information content (AvgIpc) is 3.11. The first-order valence-corrected chi connectivity index (χ1v) is 11.2. The number of anilines is 1. The predicted molar refractivity (Wildman–Crippen MR) is 121 cm³/mol. The molecule has 1 fully saturated rings. The van der Waals surface area contributed by atoms with Crippen LogP contribution in [0.5, 0.6) is 0 Å². The van der Waals surface area contributed by atoms with Gasteiger partial charge in [-0.3, -0.25) is 9.36 Å². The van der Waals surface area contributed by atoms with Gasteiger partial charge in [0.15, 0.2) is 0 Å². The highest BCUT2D eigenvalue weighted by molar-refractivity contribution is 5.94. The molecule has 6 nitrogen and oxygen atoms in total. The number of carboxylic acid groups (broad SMARTS) is 1. The standard InChI is InChI=1S/C25H25F2N3O3/c1-3-15-10-17(14(2)28-19-7-5-4-6-16(19)22(32)33)20-18(11-15)21(31)30-9-8-24(23(30)29-20)12-25(26,27)13-24/h4-7,10-11,14,28H,3,8-9,12-13H2,1-2H3,(H,32,33)/t14-/m1/s1. The van der Waals surface area contributed by atoms with Crippen molar-refractivity contribution in [1.29, 1.82) is 0 Å². The molecule has 33 heavy (non-hydrogen) atoms. The van der Waals surface area contributed by atoms with Crippen molar-refractivity contribution in [3.8, 4) is 0 Å². The van der Waals surface area contributed by atoms with Gasteiger partial charge in [-0.25, -0.2) is 18.6 Å². The highest BCUT2D eigenvalue weighted by Gasteiger charge is 2.61. The molecule has 3 aromatic rings. The van der Waals surface area contributed by atoms with Crippen molar-refractivity contribution in [2.24, 2.45) is 0 Å². The first-order valence-electron chi connectivity index (χ1n) is 11.2. The summed E-state index contributed by atoms with van der Waals surface area (Å²) in [5, 5.41) is 13.2. The third-order valence-electron chi connectivity index (χ3n) is 7.03. The van der Waals surface area contributed by atoms with Gasteiger partial charge in [-0.1, -0.05) is 25.1 Å². The molecule has 0 radical (unpaired) electrons. The number of aromatic nitrogens is 2. The summed E-state index contributed by atoms with van der Waals surface area (Å²) < 4.78 is 29.2. The van der Waals surface area contributed by atoms with E-state index in [0.29, 0.717) is 41.8 Å². The molecule has 1 aromatic heterocycles. The van der Waals surface area contributed by atoms with Crippen LogP contribution < -0.4 is 10.9 Å². The van der Waals surface area contributed by atoms with Crippen LogP contribution in [-0.2, 0) is 18.4 Å². The summed E-state index contributed by atoms with van der Waals surface area (Å²) in [5.74, 6) is -3.30. The van der Waals surface area contributed by atoms with Crippen LogP contribution in [0.15, 0.2) is 41.2 Å². The highest BCUT2D eigenvalue weighted by atomic mass is 19.3. The smallest absolute Gasteiger partial charge is 0.337 e. The predicted octanol–water partition coefficient (Wildman–Crippen LogP) is 4.90. The number of aromatic carboxylic acids is 1. The van der Waals surface area contributed by atoms with E-state index in [1.54, 1.807) is 22.8 Å². The summed E-state index contributed by atoms with van der Waals surface area (Å²) in [5.41, 5.74) is 1.86. The lowest BCUT2D eigenvalue weighted by molar-refractivity contribution is -0.127. The van der Waals surface area contributed by atoms with E-state index in [2.05, 4.69) is 5.32 Å². The van der Waals surface area contributed by atoms with Gasteiger partial charge in [0, 0.05) is 36.1 Å². The number of benzene rings is 2. The summed E-state index contributed by atoms with van der Waals surface area (Å²) in [6.45, 7) is 4.28. The Morgan fingerprint density at radius 1 is 1.27 bits per heavy atom. The molecule has 1 atom stereocenters. The third kappa shape index (κ3) is 3.39. The number of fused-ring (bicyclic) bond motifs is 3. The second kappa shape index (κ2) is 7.37. The topological polar surface area (TPSA) is 84.2 Å². The van der Waals surface area contributed by atoms with Crippen molar-refractivity contribution >= 4 is 22.6 Å². The normalized spacial score (nSPS) is 18.7. The molecule has 0 amide bonds. The first kappa shape index (κ1) is 21.6. The third-order valence-corrected chi connectivity index (χ3v) is 7.03. The number of halogens is 2. The van der Waals surface area contributed by atoms with Gasteiger partial charge < -0.3 is 10.4 Å². The number of carbonyl (C=O) groups is 1. The quantitative estimate of drug-likeness (QED) is 0.574. The number of hydrogen-bond acceptors (Lipinski definition) is 4. The fraction of sp³-hybridized carbons (Fsp3) is 0.400. The summed E-state index contributed by atoms with van der Waals surface area (Å²) in [4.78, 5) is 29.8. The molecule has 0 unspecified atom stereocenters. The Bertz CT molecular complexity index is 1340. The molecule has 8 heteroatoms. The zero-order valence-corrected chi connectivity index (χ0v) is 18.5. The van der Waals surface area contributed by atoms with Gasteiger partial charge in [0.2, 0.25) is 5.92 Å². The second-order valence-corrected chi connectivity index (χ2v) is 9.28. The minimum Gasteiger partial charge on any atom is -0.478 e. The number of carboxylic acids is 1. The molecule has 1 spiro atoms. The number of nitrogens with zero attached hydrogens (tertiary/aromatic N) is 2. The van der Waals surface area contributed by atoms with E-state index in [4.69, 9.17) is 4.98 Å². The number of para-hydroxylation sites is 1. The van der Waals surface area contributed by atoms with Gasteiger partial charge in [-0.15, -0.1) is 0 Å². The van der Waals surface area contributed by atoms with Crippen LogP contribution in [0, 0.1) is 0 Å². The fourth-order valence-corrected chi connectivity index (χ4v) is 5.38. The van der Waals surface area contributed by atoms with Crippen LogP contribution in [0.2, 0.25) is 0 Å². The van der Waals surface area contributed by atoms with Crippen molar-refractivity contribution < 1.29 is 18.7 Å². The molecule has 1 aliphatic carbocycles. The van der Waals surface area contributed by atoms with Crippen LogP contribution in [0.3, 0.4) is 0 Å². The average molecular weight is 453 g/mol. The second-order valence-electron chi connectivity index (χ2n) is 9.28. The van der Waals surface area contributed by atoms with Crippen molar-refractivity contribution in [2.45, 2.75) is 63.5 Å². The van der Waals surface area contributed by atoms with E-state index in [1.165, 1.54) is 6.07 Å². The summed E-state index contributed by atoms with van der Waals surface area (Å²) in [6, 6.07) is 10.1. The van der Waals surface area contributed by atoms with Crippen molar-refractivity contribution in [3.05, 3.63) is 69.3 Å². The summed E-state index contributed by atoms with van der Waals surface area (Å²) in [6.07, 6.45) is 0.649. The van der Waals surface area contributed by atoms with Gasteiger partial charge in [0.05, 0.1) is 22.5 Å².